The molecule has 0 radical (unpaired) electrons. The average molecular weight is 369 g/mol. The van der Waals surface area contributed by atoms with Gasteiger partial charge in [0.15, 0.2) is 17.1 Å². The molecule has 1 aromatic carbocycles. The van der Waals surface area contributed by atoms with Gasteiger partial charge in [-0.25, -0.2) is 4.79 Å². The number of fused-ring (bicyclic) bond motifs is 1. The van der Waals surface area contributed by atoms with Crippen molar-refractivity contribution in [3.8, 4) is 5.75 Å². The Kier molecular flexibility index (Phi) is 4.51. The molecule has 1 aliphatic rings. The Labute approximate surface area is 157 Å². The molecule has 0 bridgehead atoms. The van der Waals surface area contributed by atoms with E-state index in [1.54, 1.807) is 0 Å². The molecule has 3 aromatic rings. The molecule has 4 rings (SSSR count). The van der Waals surface area contributed by atoms with E-state index in [1.807, 2.05) is 45.0 Å². The molecule has 2 N–H and O–H groups in total. The maximum Gasteiger partial charge on any atom is 0.319 e. The second-order valence-corrected chi connectivity index (χ2v) is 6.86. The number of para-hydroxylation sites is 1. The van der Waals surface area contributed by atoms with Crippen molar-refractivity contribution in [2.24, 2.45) is 0 Å². The smallest absolute Gasteiger partial charge is 0.319 e. The quantitative estimate of drug-likeness (QED) is 0.646. The first-order valence-electron chi connectivity index (χ1n) is 9.25. The number of carbonyl (C=O) groups is 1. The molecular formula is C20H23N3O4. The summed E-state index contributed by atoms with van der Waals surface area (Å²) in [6.45, 7) is 6.19. The minimum atomic E-state index is -0.318. The van der Waals surface area contributed by atoms with Crippen LogP contribution < -0.4 is 15.4 Å². The zero-order valence-electron chi connectivity index (χ0n) is 15.7. The number of furan rings is 1. The summed E-state index contributed by atoms with van der Waals surface area (Å²) >= 11 is 0. The molecule has 0 aliphatic heterocycles. The number of aryl methyl sites for hydroxylation is 1. The van der Waals surface area contributed by atoms with Gasteiger partial charge in [-0.15, -0.1) is 0 Å². The summed E-state index contributed by atoms with van der Waals surface area (Å²) in [4.78, 5) is 12.5. The molecule has 1 aliphatic carbocycles. The molecule has 0 spiro atoms. The third-order valence-electron chi connectivity index (χ3n) is 4.68. The first kappa shape index (κ1) is 17.5. The Balaban J connectivity index is 1.48. The van der Waals surface area contributed by atoms with Crippen LogP contribution in [0.1, 0.15) is 55.9 Å². The number of ether oxygens (including phenoxy) is 1. The monoisotopic (exact) mass is 369 g/mol. The normalized spacial score (nSPS) is 14.9. The standard InChI is InChI=1S/C20H23N3O4/c1-4-25-15-7-5-6-14-10-16(26-18(14)15)11(2)21-20(24)22-17-12(3)23-27-19(17)13-8-9-13/h5-7,10-11,13H,4,8-9H2,1-3H3,(H2,21,22,24). The number of carbonyl (C=O) groups excluding carboxylic acids is 1. The van der Waals surface area contributed by atoms with Gasteiger partial charge in [0.25, 0.3) is 0 Å². The summed E-state index contributed by atoms with van der Waals surface area (Å²) in [7, 11) is 0. The minimum Gasteiger partial charge on any atom is -0.490 e. The van der Waals surface area contributed by atoms with Crippen molar-refractivity contribution in [3.05, 3.63) is 41.5 Å². The highest BCUT2D eigenvalue weighted by molar-refractivity contribution is 5.91. The number of hydrogen-bond donors (Lipinski definition) is 2. The molecule has 0 saturated heterocycles. The van der Waals surface area contributed by atoms with Gasteiger partial charge in [-0.2, -0.15) is 0 Å². The molecule has 1 atom stereocenters. The van der Waals surface area contributed by atoms with E-state index in [0.717, 1.165) is 24.0 Å². The fourth-order valence-electron chi connectivity index (χ4n) is 3.12. The number of nitrogens with one attached hydrogen (secondary N) is 2. The Morgan fingerprint density at radius 3 is 2.96 bits per heavy atom. The van der Waals surface area contributed by atoms with E-state index >= 15 is 0 Å². The molecule has 1 fully saturated rings. The number of benzene rings is 1. The lowest BCUT2D eigenvalue weighted by Gasteiger charge is -2.12. The van der Waals surface area contributed by atoms with Gasteiger partial charge < -0.3 is 24.3 Å². The summed E-state index contributed by atoms with van der Waals surface area (Å²) in [5.74, 6) is 2.50. The van der Waals surface area contributed by atoms with Crippen LogP contribution in [0.5, 0.6) is 5.75 Å². The SMILES string of the molecule is CCOc1cccc2cc(C(C)NC(=O)Nc3c(C)noc3C3CC3)oc12. The van der Waals surface area contributed by atoms with E-state index in [2.05, 4.69) is 15.8 Å². The van der Waals surface area contributed by atoms with Crippen LogP contribution in [0.4, 0.5) is 10.5 Å². The molecule has 27 heavy (non-hydrogen) atoms. The van der Waals surface area contributed by atoms with E-state index < -0.39 is 0 Å². The lowest BCUT2D eigenvalue weighted by atomic mass is 10.2. The summed E-state index contributed by atoms with van der Waals surface area (Å²) in [5.41, 5.74) is 2.05. The summed E-state index contributed by atoms with van der Waals surface area (Å²) in [6.07, 6.45) is 2.14. The molecular weight excluding hydrogens is 346 g/mol. The first-order valence-corrected chi connectivity index (χ1v) is 9.25. The number of anilines is 1. The molecule has 7 heteroatoms. The van der Waals surface area contributed by atoms with Gasteiger partial charge in [0.1, 0.15) is 17.1 Å². The Hall–Kier alpha value is -2.96. The maximum atomic E-state index is 12.5. The molecule has 2 heterocycles. The van der Waals surface area contributed by atoms with Gasteiger partial charge in [0.05, 0.1) is 12.6 Å². The van der Waals surface area contributed by atoms with Crippen LogP contribution in [-0.2, 0) is 0 Å². The van der Waals surface area contributed by atoms with Crippen molar-refractivity contribution in [1.82, 2.24) is 10.5 Å². The van der Waals surface area contributed by atoms with E-state index in [0.29, 0.717) is 41.0 Å². The Morgan fingerprint density at radius 1 is 1.41 bits per heavy atom. The topological polar surface area (TPSA) is 89.5 Å². The summed E-state index contributed by atoms with van der Waals surface area (Å²) in [5, 5.41) is 10.7. The highest BCUT2D eigenvalue weighted by Gasteiger charge is 2.32. The maximum absolute atomic E-state index is 12.5. The summed E-state index contributed by atoms with van der Waals surface area (Å²) in [6, 6.07) is 7.05. The van der Waals surface area contributed by atoms with Crippen molar-refractivity contribution in [1.29, 1.82) is 0 Å². The van der Waals surface area contributed by atoms with Gasteiger partial charge in [0.2, 0.25) is 0 Å². The lowest BCUT2D eigenvalue weighted by Crippen LogP contribution is -2.31. The average Bonchev–Trinajstić information content (AvgIpc) is 3.28. The van der Waals surface area contributed by atoms with Crippen molar-refractivity contribution < 1.29 is 18.5 Å². The summed E-state index contributed by atoms with van der Waals surface area (Å²) < 4.78 is 16.9. The van der Waals surface area contributed by atoms with Crippen LogP contribution in [0.25, 0.3) is 11.0 Å². The third kappa shape index (κ3) is 3.49. The van der Waals surface area contributed by atoms with E-state index in [-0.39, 0.29) is 12.1 Å². The van der Waals surface area contributed by atoms with Crippen molar-refractivity contribution in [3.63, 3.8) is 0 Å². The Morgan fingerprint density at radius 2 is 2.22 bits per heavy atom. The van der Waals surface area contributed by atoms with Gasteiger partial charge >= 0.3 is 6.03 Å². The van der Waals surface area contributed by atoms with Gasteiger partial charge in [-0.1, -0.05) is 17.3 Å². The molecule has 7 nitrogen and oxygen atoms in total. The molecule has 2 amide bonds. The van der Waals surface area contributed by atoms with Crippen LogP contribution in [0, 0.1) is 6.92 Å². The fourth-order valence-corrected chi connectivity index (χ4v) is 3.12. The highest BCUT2D eigenvalue weighted by Crippen LogP contribution is 2.44. The largest absolute Gasteiger partial charge is 0.490 e. The van der Waals surface area contributed by atoms with Crippen molar-refractivity contribution in [2.75, 3.05) is 11.9 Å². The zero-order valence-corrected chi connectivity index (χ0v) is 15.7. The van der Waals surface area contributed by atoms with Gasteiger partial charge in [0, 0.05) is 11.3 Å². The Bertz CT molecular complexity index is 971. The minimum absolute atomic E-state index is 0.309. The molecule has 1 unspecified atom stereocenters. The fraction of sp³-hybridized carbons (Fsp3) is 0.400. The first-order chi connectivity index (χ1) is 13.1. The van der Waals surface area contributed by atoms with Crippen molar-refractivity contribution in [2.45, 2.75) is 45.6 Å². The number of hydrogen-bond acceptors (Lipinski definition) is 5. The van der Waals surface area contributed by atoms with Gasteiger partial charge in [-0.05, 0) is 45.7 Å². The predicted octanol–water partition coefficient (Wildman–Crippen LogP) is 4.89. The second-order valence-electron chi connectivity index (χ2n) is 6.86. The molecule has 2 aromatic heterocycles. The second kappa shape index (κ2) is 6.98. The van der Waals surface area contributed by atoms with Crippen LogP contribution in [-0.4, -0.2) is 17.8 Å². The van der Waals surface area contributed by atoms with Gasteiger partial charge in [-0.3, -0.25) is 0 Å². The highest BCUT2D eigenvalue weighted by atomic mass is 16.5. The predicted molar refractivity (Wildman–Crippen MR) is 101 cm³/mol. The van der Waals surface area contributed by atoms with Crippen molar-refractivity contribution >= 4 is 22.7 Å². The van der Waals surface area contributed by atoms with E-state index in [4.69, 9.17) is 13.7 Å². The van der Waals surface area contributed by atoms with Crippen LogP contribution in [0.3, 0.4) is 0 Å². The van der Waals surface area contributed by atoms with Crippen LogP contribution in [0.2, 0.25) is 0 Å². The van der Waals surface area contributed by atoms with E-state index in [9.17, 15) is 4.79 Å². The molecule has 1 saturated carbocycles. The third-order valence-corrected chi connectivity index (χ3v) is 4.68. The zero-order chi connectivity index (χ0) is 19.0. The lowest BCUT2D eigenvalue weighted by molar-refractivity contribution is 0.247. The number of urea groups is 1. The van der Waals surface area contributed by atoms with Crippen LogP contribution in [0.15, 0.2) is 33.2 Å². The molecule has 142 valence electrons. The van der Waals surface area contributed by atoms with E-state index in [1.165, 1.54) is 0 Å². The number of aromatic nitrogens is 1. The number of rotatable bonds is 6. The number of amides is 2. The number of nitrogens with zero attached hydrogens (tertiary/aromatic N) is 1. The van der Waals surface area contributed by atoms with Crippen LogP contribution >= 0.6 is 0 Å².